The van der Waals surface area contributed by atoms with E-state index in [1.807, 2.05) is 0 Å². The molecule has 0 bridgehead atoms. The van der Waals surface area contributed by atoms with Crippen LogP contribution in [0.1, 0.15) is 13.3 Å². The molecule has 0 rings (SSSR count). The van der Waals surface area contributed by atoms with Crippen molar-refractivity contribution in [1.29, 1.82) is 0 Å². The van der Waals surface area contributed by atoms with Crippen LogP contribution >= 0.6 is 0 Å². The number of carboxylic acids is 1. The molecule has 5 heteroatoms. The normalized spacial score (nSPS) is 6.33. The van der Waals surface area contributed by atoms with Crippen molar-refractivity contribution in [2.24, 2.45) is 0 Å². The Hall–Kier alpha value is 0.283. The summed E-state index contributed by atoms with van der Waals surface area (Å²) in [5, 5.41) is 7.86. The van der Waals surface area contributed by atoms with Crippen molar-refractivity contribution < 1.29 is 51.2 Å². The van der Waals surface area contributed by atoms with Crippen molar-refractivity contribution >= 4 is 11.8 Å². The van der Waals surface area contributed by atoms with Crippen LogP contribution in [-0.2, 0) is 46.1 Å². The number of carboxylic acid groups (broad SMARTS) is 1. The summed E-state index contributed by atoms with van der Waals surface area (Å²) in [6.45, 7) is 1.24. The second kappa shape index (κ2) is 8.28. The first-order chi connectivity index (χ1) is 3.13. The van der Waals surface area contributed by atoms with Crippen LogP contribution in [0.4, 0.5) is 0 Å². The van der Waals surface area contributed by atoms with Crippen LogP contribution in [0.15, 0.2) is 0 Å². The molecule has 1 radical (unpaired) electrons. The summed E-state index contributed by atoms with van der Waals surface area (Å²) in [5.74, 6) is -1.37. The molecule has 0 aromatic rings. The largest absolute Gasteiger partial charge is 0.481 e. The third-order valence-electron chi connectivity index (χ3n) is 0.400. The number of Topliss-reactive ketones (excluding diaryl/α,β-unsaturated/α-hetero) is 1. The van der Waals surface area contributed by atoms with Crippen LogP contribution in [0, 0.1) is 0 Å². The van der Waals surface area contributed by atoms with Gasteiger partial charge in [0, 0.05) is 36.5 Å². The minimum atomic E-state index is -1.06. The van der Waals surface area contributed by atoms with Crippen molar-refractivity contribution in [3.63, 3.8) is 0 Å². The monoisotopic (exact) mass is 229 g/mol. The molecule has 0 saturated carbocycles. The minimum Gasteiger partial charge on any atom is -0.481 e. The summed E-state index contributed by atoms with van der Waals surface area (Å²) < 4.78 is 0. The van der Waals surface area contributed by atoms with Crippen LogP contribution in [0.25, 0.3) is 0 Å². The topological polar surface area (TPSA) is 54.4 Å². The van der Waals surface area contributed by atoms with E-state index < -0.39 is 5.97 Å². The molecule has 0 saturated heterocycles. The van der Waals surface area contributed by atoms with E-state index in [2.05, 4.69) is 0 Å². The van der Waals surface area contributed by atoms with E-state index in [-0.39, 0.29) is 48.8 Å². The van der Waals surface area contributed by atoms with Gasteiger partial charge in [0.25, 0.3) is 0 Å². The van der Waals surface area contributed by atoms with Gasteiger partial charge in [-0.25, -0.2) is 0 Å². The molecule has 3 nitrogen and oxygen atoms in total. The smallest absolute Gasteiger partial charge is 0.310 e. The molecule has 0 fully saturated rings. The molecule has 0 aliphatic rings. The number of rotatable bonds is 2. The summed E-state index contributed by atoms with van der Waals surface area (Å²) in [4.78, 5) is 19.5. The quantitative estimate of drug-likeness (QED) is 0.539. The zero-order valence-electron chi connectivity index (χ0n) is 4.98. The van der Waals surface area contributed by atoms with Gasteiger partial charge in [-0.05, 0) is 6.92 Å². The number of hydrogen-bond donors (Lipinski definition) is 1. The molecular weight excluding hydrogens is 225 g/mol. The van der Waals surface area contributed by atoms with E-state index in [0.717, 1.165) is 0 Å². The summed E-state index contributed by atoms with van der Waals surface area (Å²) in [7, 11) is 0. The van der Waals surface area contributed by atoms with Gasteiger partial charge in [-0.3, -0.25) is 9.59 Å². The Bertz CT molecular complexity index is 92.0. The van der Waals surface area contributed by atoms with Crippen molar-refractivity contribution in [3.05, 3.63) is 0 Å². The zero-order chi connectivity index (χ0) is 5.86. The van der Waals surface area contributed by atoms with Gasteiger partial charge in [0.2, 0.25) is 0 Å². The maximum absolute atomic E-state index is 9.87. The number of hydrogen-bond acceptors (Lipinski definition) is 2. The standard InChI is InChI=1S/C4H6O3.Cu.Zn/c1-3(5)2-4(6)7;;/h2H2,1H3,(H,6,7);;. The Morgan fingerprint density at radius 3 is 1.78 bits per heavy atom. The van der Waals surface area contributed by atoms with Gasteiger partial charge in [-0.15, -0.1) is 0 Å². The Labute approximate surface area is 76.4 Å². The Morgan fingerprint density at radius 2 is 1.78 bits per heavy atom. The molecule has 53 valence electrons. The predicted molar refractivity (Wildman–Crippen MR) is 22.9 cm³/mol. The van der Waals surface area contributed by atoms with Gasteiger partial charge in [0.15, 0.2) is 0 Å². The maximum atomic E-state index is 9.87. The molecule has 0 unspecified atom stereocenters. The van der Waals surface area contributed by atoms with E-state index in [0.29, 0.717) is 0 Å². The van der Waals surface area contributed by atoms with Gasteiger partial charge >= 0.3 is 5.97 Å². The summed E-state index contributed by atoms with van der Waals surface area (Å²) in [6.07, 6.45) is -0.361. The van der Waals surface area contributed by atoms with E-state index in [4.69, 9.17) is 5.11 Å². The number of carbonyl (C=O) groups is 2. The summed E-state index contributed by atoms with van der Waals surface area (Å²) in [6, 6.07) is 0. The molecule has 0 atom stereocenters. The summed E-state index contributed by atoms with van der Waals surface area (Å²) in [5.41, 5.74) is 0. The zero-order valence-corrected chi connectivity index (χ0v) is 8.89. The third kappa shape index (κ3) is 17.8. The van der Waals surface area contributed by atoms with Gasteiger partial charge in [-0.1, -0.05) is 0 Å². The van der Waals surface area contributed by atoms with Crippen LogP contribution in [0.5, 0.6) is 0 Å². The minimum absolute atomic E-state index is 0. The van der Waals surface area contributed by atoms with Crippen molar-refractivity contribution in [2.45, 2.75) is 13.3 Å². The fraction of sp³-hybridized carbons (Fsp3) is 0.500. The van der Waals surface area contributed by atoms with Crippen LogP contribution in [-0.4, -0.2) is 16.9 Å². The third-order valence-corrected chi connectivity index (χ3v) is 0.400. The van der Waals surface area contributed by atoms with Crippen molar-refractivity contribution in [3.8, 4) is 0 Å². The predicted octanol–water partition coefficient (Wildman–Crippen LogP) is 0.0451. The van der Waals surface area contributed by atoms with Crippen molar-refractivity contribution in [2.75, 3.05) is 0 Å². The fourth-order valence-electron chi connectivity index (χ4n) is 0.213. The number of carbonyl (C=O) groups excluding carboxylic acids is 1. The van der Waals surface area contributed by atoms with Crippen molar-refractivity contribution in [1.82, 2.24) is 0 Å². The second-order valence-corrected chi connectivity index (χ2v) is 1.27. The molecule has 0 aliphatic heterocycles. The molecule has 0 amide bonds. The average molecular weight is 231 g/mol. The average Bonchev–Trinajstić information content (AvgIpc) is 1.27. The molecular formula is C4H6CuO3Zn. The molecule has 1 N–H and O–H groups in total. The fourth-order valence-corrected chi connectivity index (χ4v) is 0.213. The molecule has 0 spiro atoms. The number of ketones is 1. The first-order valence-electron chi connectivity index (χ1n) is 1.84. The van der Waals surface area contributed by atoms with E-state index in [1.54, 1.807) is 0 Å². The first-order valence-corrected chi connectivity index (χ1v) is 1.84. The van der Waals surface area contributed by atoms with Gasteiger partial charge in [0.05, 0.1) is 0 Å². The Kier molecular flexibility index (Phi) is 14.8. The molecule has 0 aliphatic carbocycles. The van der Waals surface area contributed by atoms with E-state index in [1.165, 1.54) is 6.92 Å². The van der Waals surface area contributed by atoms with Gasteiger partial charge in [-0.2, -0.15) is 0 Å². The SMILES string of the molecule is CC(=O)CC(=O)O.[Cu].[Zn]. The second-order valence-electron chi connectivity index (χ2n) is 1.27. The Morgan fingerprint density at radius 1 is 1.44 bits per heavy atom. The molecule has 0 heterocycles. The Balaban J connectivity index is -0.000000180. The summed E-state index contributed by atoms with van der Waals surface area (Å²) >= 11 is 0. The van der Waals surface area contributed by atoms with Crippen LogP contribution < -0.4 is 0 Å². The molecule has 9 heavy (non-hydrogen) atoms. The number of aliphatic carboxylic acids is 1. The van der Waals surface area contributed by atoms with E-state index in [9.17, 15) is 9.59 Å². The molecule has 0 aromatic carbocycles. The van der Waals surface area contributed by atoms with Crippen LogP contribution in [0.2, 0.25) is 0 Å². The first kappa shape index (κ1) is 16.1. The van der Waals surface area contributed by atoms with Gasteiger partial charge in [0.1, 0.15) is 12.2 Å². The molecule has 0 aromatic heterocycles. The van der Waals surface area contributed by atoms with Crippen LogP contribution in [0.3, 0.4) is 0 Å². The van der Waals surface area contributed by atoms with E-state index >= 15 is 0 Å². The van der Waals surface area contributed by atoms with Gasteiger partial charge < -0.3 is 5.11 Å². The maximum Gasteiger partial charge on any atom is 0.310 e.